The van der Waals surface area contributed by atoms with Crippen LogP contribution in [0.2, 0.25) is 0 Å². The van der Waals surface area contributed by atoms with Gasteiger partial charge in [-0.1, -0.05) is 12.1 Å². The van der Waals surface area contributed by atoms with Crippen LogP contribution in [0.25, 0.3) is 6.08 Å². The number of halogens is 3. The van der Waals surface area contributed by atoms with Crippen molar-refractivity contribution in [3.8, 4) is 0 Å². The van der Waals surface area contributed by atoms with E-state index in [0.29, 0.717) is 0 Å². The molecule has 6 heteroatoms. The van der Waals surface area contributed by atoms with Gasteiger partial charge < -0.3 is 10.2 Å². The van der Waals surface area contributed by atoms with Gasteiger partial charge in [0.15, 0.2) is 0 Å². The van der Waals surface area contributed by atoms with Crippen molar-refractivity contribution in [2.45, 2.75) is 6.18 Å². The standard InChI is InChI=1S/C10H7F3O3/c11-10(12,13)7-3-1-6(2-4-7)5-8(14)9(15)16/h1-5,14H,(H,15,16). The molecule has 0 aromatic heterocycles. The van der Waals surface area contributed by atoms with Crippen molar-refractivity contribution in [3.05, 3.63) is 41.2 Å². The number of hydrogen-bond acceptors (Lipinski definition) is 2. The number of aliphatic hydroxyl groups is 1. The third-order valence-corrected chi connectivity index (χ3v) is 1.76. The van der Waals surface area contributed by atoms with E-state index >= 15 is 0 Å². The van der Waals surface area contributed by atoms with Gasteiger partial charge in [-0.05, 0) is 23.8 Å². The molecule has 0 fully saturated rings. The number of rotatable bonds is 2. The number of hydrogen-bond donors (Lipinski definition) is 2. The van der Waals surface area contributed by atoms with Gasteiger partial charge in [-0.3, -0.25) is 0 Å². The lowest BCUT2D eigenvalue weighted by molar-refractivity contribution is -0.137. The molecule has 1 aromatic carbocycles. The van der Waals surface area contributed by atoms with Gasteiger partial charge in [-0.25, -0.2) is 4.79 Å². The zero-order valence-electron chi connectivity index (χ0n) is 7.82. The van der Waals surface area contributed by atoms with E-state index in [1.165, 1.54) is 0 Å². The summed E-state index contributed by atoms with van der Waals surface area (Å²) < 4.78 is 36.5. The molecule has 0 aliphatic rings. The van der Waals surface area contributed by atoms with Crippen LogP contribution in [0.15, 0.2) is 30.0 Å². The molecule has 0 saturated carbocycles. The average molecular weight is 232 g/mol. The molecule has 2 N–H and O–H groups in total. The van der Waals surface area contributed by atoms with Gasteiger partial charge in [0.25, 0.3) is 0 Å². The fourth-order valence-corrected chi connectivity index (χ4v) is 0.988. The number of alkyl halides is 3. The van der Waals surface area contributed by atoms with Gasteiger partial charge in [-0.2, -0.15) is 13.2 Å². The molecule has 0 saturated heterocycles. The predicted octanol–water partition coefficient (Wildman–Crippen LogP) is 2.69. The smallest absolute Gasteiger partial charge is 0.416 e. The van der Waals surface area contributed by atoms with E-state index in [1.54, 1.807) is 0 Å². The Morgan fingerprint density at radius 2 is 1.62 bits per heavy atom. The summed E-state index contributed by atoms with van der Waals surface area (Å²) in [6, 6.07) is 3.76. The molecule has 1 aromatic rings. The first-order valence-electron chi connectivity index (χ1n) is 4.12. The highest BCUT2D eigenvalue weighted by Crippen LogP contribution is 2.29. The molecule has 0 heterocycles. The molecule has 0 radical (unpaired) electrons. The van der Waals surface area contributed by atoms with E-state index in [-0.39, 0.29) is 5.56 Å². The highest BCUT2D eigenvalue weighted by Gasteiger charge is 2.29. The molecular formula is C10H7F3O3. The summed E-state index contributed by atoms with van der Waals surface area (Å²) in [5, 5.41) is 17.2. The molecule has 86 valence electrons. The second-order valence-electron chi connectivity index (χ2n) is 2.95. The minimum absolute atomic E-state index is 0.174. The number of aliphatic carboxylic acids is 1. The first-order chi connectivity index (χ1) is 7.30. The third-order valence-electron chi connectivity index (χ3n) is 1.76. The molecule has 0 bridgehead atoms. The maximum Gasteiger partial charge on any atom is 0.416 e. The van der Waals surface area contributed by atoms with E-state index in [1.807, 2.05) is 0 Å². The van der Waals surface area contributed by atoms with Crippen molar-refractivity contribution < 1.29 is 28.2 Å². The minimum Gasteiger partial charge on any atom is -0.502 e. The van der Waals surface area contributed by atoms with Crippen LogP contribution in [0, 0.1) is 0 Å². The molecule has 0 atom stereocenters. The zero-order valence-corrected chi connectivity index (χ0v) is 7.82. The molecule has 1 rings (SSSR count). The van der Waals surface area contributed by atoms with Gasteiger partial charge in [0.1, 0.15) is 0 Å². The quantitative estimate of drug-likeness (QED) is 0.608. The van der Waals surface area contributed by atoms with Crippen LogP contribution >= 0.6 is 0 Å². The first kappa shape index (κ1) is 12.1. The number of carboxylic acids is 1. The fraction of sp³-hybridized carbons (Fsp3) is 0.100. The second kappa shape index (κ2) is 4.26. The van der Waals surface area contributed by atoms with Gasteiger partial charge in [0.2, 0.25) is 5.76 Å². The Hall–Kier alpha value is -1.98. The van der Waals surface area contributed by atoms with E-state index in [0.717, 1.165) is 30.3 Å². The van der Waals surface area contributed by atoms with Crippen molar-refractivity contribution in [2.75, 3.05) is 0 Å². The number of carboxylic acid groups (broad SMARTS) is 1. The van der Waals surface area contributed by atoms with Gasteiger partial charge in [-0.15, -0.1) is 0 Å². The Labute approximate surface area is 88.4 Å². The summed E-state index contributed by atoms with van der Waals surface area (Å²) in [6.07, 6.45) is -3.57. The van der Waals surface area contributed by atoms with Crippen LogP contribution in [-0.4, -0.2) is 16.2 Å². The fourth-order valence-electron chi connectivity index (χ4n) is 0.988. The molecule has 0 spiro atoms. The van der Waals surface area contributed by atoms with Crippen molar-refractivity contribution in [2.24, 2.45) is 0 Å². The van der Waals surface area contributed by atoms with Crippen LogP contribution in [-0.2, 0) is 11.0 Å². The van der Waals surface area contributed by atoms with Gasteiger partial charge >= 0.3 is 12.1 Å². The normalized spacial score (nSPS) is 12.6. The first-order valence-corrected chi connectivity index (χ1v) is 4.12. The molecular weight excluding hydrogens is 225 g/mol. The van der Waals surface area contributed by atoms with Crippen LogP contribution in [0.5, 0.6) is 0 Å². The van der Waals surface area contributed by atoms with Crippen molar-refractivity contribution in [3.63, 3.8) is 0 Å². The Morgan fingerprint density at radius 3 is 2.00 bits per heavy atom. The number of benzene rings is 1. The highest BCUT2D eigenvalue weighted by atomic mass is 19.4. The lowest BCUT2D eigenvalue weighted by Gasteiger charge is -2.05. The molecule has 16 heavy (non-hydrogen) atoms. The highest BCUT2D eigenvalue weighted by molar-refractivity contribution is 5.89. The van der Waals surface area contributed by atoms with Crippen molar-refractivity contribution in [1.82, 2.24) is 0 Å². The maximum atomic E-state index is 12.2. The topological polar surface area (TPSA) is 57.5 Å². The Bertz CT molecular complexity index is 418. The van der Waals surface area contributed by atoms with Crippen molar-refractivity contribution in [1.29, 1.82) is 0 Å². The number of aliphatic hydroxyl groups excluding tert-OH is 1. The van der Waals surface area contributed by atoms with Crippen LogP contribution in [0.1, 0.15) is 11.1 Å². The van der Waals surface area contributed by atoms with Crippen LogP contribution < -0.4 is 0 Å². The van der Waals surface area contributed by atoms with E-state index < -0.39 is 23.5 Å². The Balaban J connectivity index is 2.97. The minimum atomic E-state index is -4.43. The molecule has 0 unspecified atom stereocenters. The third kappa shape index (κ3) is 3.01. The molecule has 0 amide bonds. The summed E-state index contributed by atoms with van der Waals surface area (Å²) in [5.41, 5.74) is -0.660. The van der Waals surface area contributed by atoms with Crippen molar-refractivity contribution >= 4 is 12.0 Å². The van der Waals surface area contributed by atoms with E-state index in [4.69, 9.17) is 10.2 Å². The largest absolute Gasteiger partial charge is 0.502 e. The Kier molecular flexibility index (Phi) is 3.22. The van der Waals surface area contributed by atoms with Crippen LogP contribution in [0.4, 0.5) is 13.2 Å². The molecule has 0 aliphatic carbocycles. The molecule has 0 aliphatic heterocycles. The Morgan fingerprint density at radius 1 is 1.12 bits per heavy atom. The summed E-state index contributed by atoms with van der Waals surface area (Å²) >= 11 is 0. The van der Waals surface area contributed by atoms with Gasteiger partial charge in [0, 0.05) is 0 Å². The second-order valence-corrected chi connectivity index (χ2v) is 2.95. The van der Waals surface area contributed by atoms with E-state index in [9.17, 15) is 18.0 Å². The molecule has 3 nitrogen and oxygen atoms in total. The lowest BCUT2D eigenvalue weighted by Crippen LogP contribution is -2.04. The number of carbonyl (C=O) groups is 1. The van der Waals surface area contributed by atoms with Gasteiger partial charge in [0.05, 0.1) is 5.56 Å². The predicted molar refractivity (Wildman–Crippen MR) is 49.7 cm³/mol. The van der Waals surface area contributed by atoms with Crippen LogP contribution in [0.3, 0.4) is 0 Å². The summed E-state index contributed by atoms with van der Waals surface area (Å²) in [5.74, 6) is -2.47. The van der Waals surface area contributed by atoms with E-state index in [2.05, 4.69) is 0 Å². The maximum absolute atomic E-state index is 12.2. The lowest BCUT2D eigenvalue weighted by atomic mass is 10.1. The SMILES string of the molecule is O=C(O)C(O)=Cc1ccc(C(F)(F)F)cc1. The summed E-state index contributed by atoms with van der Waals surface area (Å²) in [6.45, 7) is 0. The zero-order chi connectivity index (χ0) is 12.3. The summed E-state index contributed by atoms with van der Waals surface area (Å²) in [7, 11) is 0. The average Bonchev–Trinajstić information content (AvgIpc) is 2.17. The summed E-state index contributed by atoms with van der Waals surface area (Å²) in [4.78, 5) is 10.2. The monoisotopic (exact) mass is 232 g/mol.